The number of hydrogen-bond acceptors (Lipinski definition) is 7. The van der Waals surface area contributed by atoms with Crippen LogP contribution in [0.4, 0.5) is 0 Å². The van der Waals surface area contributed by atoms with Crippen LogP contribution in [0.25, 0.3) is 90.3 Å². The molecule has 0 fully saturated rings. The molecule has 0 aliphatic carbocycles. The first-order valence-electron chi connectivity index (χ1n) is 16.0. The van der Waals surface area contributed by atoms with Crippen LogP contribution in [0.1, 0.15) is 0 Å². The zero-order chi connectivity index (χ0) is 32.6. The van der Waals surface area contributed by atoms with Gasteiger partial charge in [-0.05, 0) is 36.4 Å². The van der Waals surface area contributed by atoms with Gasteiger partial charge in [-0.3, -0.25) is 0 Å². The molecule has 3 heterocycles. The molecule has 0 spiro atoms. The van der Waals surface area contributed by atoms with E-state index in [1.54, 1.807) is 0 Å². The molecule has 9 aromatic rings. The maximum Gasteiger partial charge on any atom is 0.227 e. The van der Waals surface area contributed by atoms with Gasteiger partial charge in [0.2, 0.25) is 5.89 Å². The van der Waals surface area contributed by atoms with E-state index < -0.39 is 0 Å². The summed E-state index contributed by atoms with van der Waals surface area (Å²) in [6, 6.07) is 52.0. The molecule has 0 amide bonds. The molecule has 230 valence electrons. The SMILES string of the molecule is c1ccc(-c2nc(-c3ccccc3)nc(-c3cccc(-c4nc(-c5ccc(-c6nc7ccccc7o6)cc5)c5ccccc5n4)c3)n2)cc1. The molecule has 0 atom stereocenters. The van der Waals surface area contributed by atoms with E-state index in [1.165, 1.54) is 0 Å². The molecular weight excluding hydrogens is 605 g/mol. The zero-order valence-electron chi connectivity index (χ0n) is 26.1. The van der Waals surface area contributed by atoms with Gasteiger partial charge in [-0.15, -0.1) is 0 Å². The van der Waals surface area contributed by atoms with E-state index in [0.717, 1.165) is 61.1 Å². The molecule has 3 aromatic heterocycles. The molecule has 0 bridgehead atoms. The normalized spacial score (nSPS) is 11.3. The summed E-state index contributed by atoms with van der Waals surface area (Å²) in [5.41, 5.74) is 8.70. The van der Waals surface area contributed by atoms with E-state index in [0.29, 0.717) is 29.2 Å². The molecule has 9 rings (SSSR count). The molecular formula is C42H26N6O. The Hall–Kier alpha value is -6.86. The quantitative estimate of drug-likeness (QED) is 0.181. The summed E-state index contributed by atoms with van der Waals surface area (Å²) >= 11 is 0. The topological polar surface area (TPSA) is 90.5 Å². The van der Waals surface area contributed by atoms with Gasteiger partial charge in [0.05, 0.1) is 11.2 Å². The van der Waals surface area contributed by atoms with Gasteiger partial charge in [0, 0.05) is 38.8 Å². The molecule has 49 heavy (non-hydrogen) atoms. The van der Waals surface area contributed by atoms with Crippen LogP contribution in [0.3, 0.4) is 0 Å². The Morgan fingerprint density at radius 3 is 1.49 bits per heavy atom. The fourth-order valence-corrected chi connectivity index (χ4v) is 5.93. The van der Waals surface area contributed by atoms with Crippen molar-refractivity contribution in [2.75, 3.05) is 0 Å². The van der Waals surface area contributed by atoms with E-state index in [4.69, 9.17) is 29.3 Å². The van der Waals surface area contributed by atoms with Crippen LogP contribution in [-0.4, -0.2) is 29.9 Å². The first-order chi connectivity index (χ1) is 24.2. The van der Waals surface area contributed by atoms with Crippen molar-refractivity contribution in [1.29, 1.82) is 0 Å². The lowest BCUT2D eigenvalue weighted by molar-refractivity contribution is 0.620. The molecule has 7 heteroatoms. The van der Waals surface area contributed by atoms with Crippen LogP contribution in [0, 0.1) is 0 Å². The summed E-state index contributed by atoms with van der Waals surface area (Å²) in [4.78, 5) is 29.5. The third-order valence-corrected chi connectivity index (χ3v) is 8.38. The third-order valence-electron chi connectivity index (χ3n) is 8.38. The highest BCUT2D eigenvalue weighted by molar-refractivity contribution is 5.94. The molecule has 0 N–H and O–H groups in total. The van der Waals surface area contributed by atoms with Gasteiger partial charge in [-0.1, -0.05) is 121 Å². The van der Waals surface area contributed by atoms with Crippen molar-refractivity contribution in [2.24, 2.45) is 0 Å². The van der Waals surface area contributed by atoms with Crippen molar-refractivity contribution >= 4 is 22.0 Å². The number of hydrogen-bond donors (Lipinski definition) is 0. The minimum absolute atomic E-state index is 0.574. The molecule has 0 saturated carbocycles. The standard InChI is InChI=1S/C42H26N6O/c1-3-12-28(13-4-1)38-46-39(29-14-5-2-6-15-29)48-41(47-38)32-17-11-16-31(26-32)40-43-34-19-8-7-18-33(34)37(45-40)27-22-24-30(25-23-27)42-44-35-20-9-10-21-36(35)49-42/h1-26H. The highest BCUT2D eigenvalue weighted by atomic mass is 16.3. The highest BCUT2D eigenvalue weighted by Gasteiger charge is 2.16. The van der Waals surface area contributed by atoms with Crippen LogP contribution in [0.5, 0.6) is 0 Å². The van der Waals surface area contributed by atoms with Crippen LogP contribution in [-0.2, 0) is 0 Å². The molecule has 7 nitrogen and oxygen atoms in total. The molecule has 0 aliphatic rings. The maximum atomic E-state index is 6.01. The Kier molecular flexibility index (Phi) is 6.98. The van der Waals surface area contributed by atoms with Gasteiger partial charge in [0.25, 0.3) is 0 Å². The lowest BCUT2D eigenvalue weighted by Gasteiger charge is -2.11. The number of benzene rings is 6. The van der Waals surface area contributed by atoms with E-state index >= 15 is 0 Å². The van der Waals surface area contributed by atoms with E-state index in [-0.39, 0.29) is 0 Å². The summed E-state index contributed by atoms with van der Waals surface area (Å²) in [5, 5.41) is 0.967. The number of nitrogens with zero attached hydrogens (tertiary/aromatic N) is 6. The summed E-state index contributed by atoms with van der Waals surface area (Å²) < 4.78 is 6.01. The number of fused-ring (bicyclic) bond motifs is 2. The summed E-state index contributed by atoms with van der Waals surface area (Å²) in [5.74, 6) is 2.99. The second kappa shape index (κ2) is 12.1. The molecule has 0 radical (unpaired) electrons. The summed E-state index contributed by atoms with van der Waals surface area (Å²) in [7, 11) is 0. The van der Waals surface area contributed by atoms with Gasteiger partial charge in [0.15, 0.2) is 28.9 Å². The molecule has 6 aromatic carbocycles. The van der Waals surface area contributed by atoms with Crippen molar-refractivity contribution in [1.82, 2.24) is 29.9 Å². The van der Waals surface area contributed by atoms with E-state index in [9.17, 15) is 0 Å². The fraction of sp³-hybridized carbons (Fsp3) is 0. The molecule has 0 aliphatic heterocycles. The number of oxazole rings is 1. The van der Waals surface area contributed by atoms with Crippen molar-refractivity contribution in [3.63, 3.8) is 0 Å². The van der Waals surface area contributed by atoms with Crippen LogP contribution in [0.15, 0.2) is 162 Å². The monoisotopic (exact) mass is 630 g/mol. The van der Waals surface area contributed by atoms with E-state index in [2.05, 4.69) is 23.2 Å². The first kappa shape index (κ1) is 28.4. The third kappa shape index (κ3) is 5.49. The van der Waals surface area contributed by atoms with Gasteiger partial charge in [-0.25, -0.2) is 29.9 Å². The molecule has 0 unspecified atom stereocenters. The molecule has 0 saturated heterocycles. The lowest BCUT2D eigenvalue weighted by Crippen LogP contribution is -2.00. The fourth-order valence-electron chi connectivity index (χ4n) is 5.93. The number of aromatic nitrogens is 6. The minimum Gasteiger partial charge on any atom is -0.436 e. The largest absolute Gasteiger partial charge is 0.436 e. The minimum atomic E-state index is 0.574. The maximum absolute atomic E-state index is 6.01. The van der Waals surface area contributed by atoms with Crippen LogP contribution >= 0.6 is 0 Å². The van der Waals surface area contributed by atoms with Crippen LogP contribution < -0.4 is 0 Å². The average molecular weight is 631 g/mol. The second-order valence-electron chi connectivity index (χ2n) is 11.6. The van der Waals surface area contributed by atoms with Crippen molar-refractivity contribution < 1.29 is 4.42 Å². The summed E-state index contributed by atoms with van der Waals surface area (Å²) in [6.07, 6.45) is 0. The zero-order valence-corrected chi connectivity index (χ0v) is 26.1. The Balaban J connectivity index is 1.13. The van der Waals surface area contributed by atoms with Gasteiger partial charge >= 0.3 is 0 Å². The first-order valence-corrected chi connectivity index (χ1v) is 16.0. The Labute approximate surface area is 281 Å². The van der Waals surface area contributed by atoms with Crippen LogP contribution in [0.2, 0.25) is 0 Å². The van der Waals surface area contributed by atoms with E-state index in [1.807, 2.05) is 140 Å². The van der Waals surface area contributed by atoms with Crippen molar-refractivity contribution in [3.05, 3.63) is 158 Å². The van der Waals surface area contributed by atoms with Crippen molar-refractivity contribution in [3.8, 4) is 68.3 Å². The Morgan fingerprint density at radius 2 is 0.837 bits per heavy atom. The number of para-hydroxylation sites is 3. The van der Waals surface area contributed by atoms with Crippen molar-refractivity contribution in [2.45, 2.75) is 0 Å². The number of rotatable bonds is 6. The van der Waals surface area contributed by atoms with Gasteiger partial charge in [0.1, 0.15) is 5.52 Å². The van der Waals surface area contributed by atoms with Gasteiger partial charge in [-0.2, -0.15) is 0 Å². The predicted octanol–water partition coefficient (Wildman–Crippen LogP) is 9.96. The van der Waals surface area contributed by atoms with Gasteiger partial charge < -0.3 is 4.42 Å². The average Bonchev–Trinajstić information content (AvgIpc) is 3.63. The second-order valence-corrected chi connectivity index (χ2v) is 11.6. The lowest BCUT2D eigenvalue weighted by atomic mass is 10.0. The Bertz CT molecular complexity index is 2510. The smallest absolute Gasteiger partial charge is 0.227 e. The predicted molar refractivity (Wildman–Crippen MR) is 193 cm³/mol. The Morgan fingerprint density at radius 1 is 0.327 bits per heavy atom. The highest BCUT2D eigenvalue weighted by Crippen LogP contribution is 2.33. The summed E-state index contributed by atoms with van der Waals surface area (Å²) in [6.45, 7) is 0.